The third-order valence-electron chi connectivity index (χ3n) is 3.47. The zero-order chi connectivity index (χ0) is 18.8. The molecule has 1 aromatic rings. The zero-order valence-electron chi connectivity index (χ0n) is 13.4. The second-order valence-corrected chi connectivity index (χ2v) is 10.3. The smallest absolute Gasteiger partial charge is 0.267 e. The molecule has 0 bridgehead atoms. The molecule has 1 aliphatic heterocycles. The number of hydrogen-bond donors (Lipinski definition) is 0. The van der Waals surface area contributed by atoms with Gasteiger partial charge in [0.2, 0.25) is 5.90 Å². The summed E-state index contributed by atoms with van der Waals surface area (Å²) in [5.41, 5.74) is 0.448. The van der Waals surface area contributed by atoms with Crippen LogP contribution in [0, 0.1) is 0 Å². The highest BCUT2D eigenvalue weighted by atomic mass is 35.5. The van der Waals surface area contributed by atoms with Gasteiger partial charge in [-0.3, -0.25) is 4.18 Å². The van der Waals surface area contributed by atoms with Crippen LogP contribution < -0.4 is 0 Å². The Labute approximate surface area is 157 Å². The van der Waals surface area contributed by atoms with Crippen molar-refractivity contribution in [2.45, 2.75) is 28.8 Å². The number of alkyl halides is 2. The van der Waals surface area contributed by atoms with Crippen molar-refractivity contribution >= 4 is 49.1 Å². The van der Waals surface area contributed by atoms with Crippen molar-refractivity contribution < 1.29 is 25.8 Å². The van der Waals surface area contributed by atoms with Crippen molar-refractivity contribution in [3.63, 3.8) is 0 Å². The van der Waals surface area contributed by atoms with E-state index in [0.29, 0.717) is 5.56 Å². The molecule has 0 saturated heterocycles. The number of sulfone groups is 1. The van der Waals surface area contributed by atoms with Crippen LogP contribution in [0.1, 0.15) is 18.6 Å². The average molecular weight is 430 g/mol. The Kier molecular flexibility index (Phi) is 6.37. The number of benzene rings is 1. The molecule has 1 aromatic carbocycles. The van der Waals surface area contributed by atoms with Gasteiger partial charge >= 0.3 is 0 Å². The fourth-order valence-corrected chi connectivity index (χ4v) is 3.72. The standard InChI is InChI=1S/C14H17Cl2NO6S2/c1-3-25(20,21)23-12(11-8-22-14(17-11)13(15)16)9-4-6-10(7-5-9)24(2,18)19/h4-7,11-13H,3,8H2,1-2H3/t11-,12+/m1/s1. The molecule has 0 amide bonds. The minimum atomic E-state index is -3.79. The van der Waals surface area contributed by atoms with Crippen molar-refractivity contribution in [1.29, 1.82) is 0 Å². The third kappa shape index (κ3) is 5.30. The van der Waals surface area contributed by atoms with Gasteiger partial charge in [0.25, 0.3) is 10.1 Å². The number of hydrogen-bond acceptors (Lipinski definition) is 7. The summed E-state index contributed by atoms with van der Waals surface area (Å²) in [6.07, 6.45) is 0.100. The maximum Gasteiger partial charge on any atom is 0.267 e. The van der Waals surface area contributed by atoms with E-state index in [0.717, 1.165) is 6.26 Å². The topological polar surface area (TPSA) is 99.1 Å². The van der Waals surface area contributed by atoms with Gasteiger partial charge < -0.3 is 4.74 Å². The first-order chi connectivity index (χ1) is 11.5. The normalized spacial score (nSPS) is 19.6. The van der Waals surface area contributed by atoms with Gasteiger partial charge in [-0.25, -0.2) is 13.4 Å². The van der Waals surface area contributed by atoms with E-state index in [1.54, 1.807) is 0 Å². The molecular formula is C14H17Cl2NO6S2. The van der Waals surface area contributed by atoms with E-state index < -0.39 is 36.9 Å². The second-order valence-electron chi connectivity index (χ2n) is 5.35. The molecule has 0 fully saturated rings. The lowest BCUT2D eigenvalue weighted by Gasteiger charge is -2.20. The summed E-state index contributed by atoms with van der Waals surface area (Å²) in [4.78, 5) is 3.32. The predicted molar refractivity (Wildman–Crippen MR) is 95.5 cm³/mol. The van der Waals surface area contributed by atoms with Crippen LogP contribution in [0.15, 0.2) is 34.2 Å². The summed E-state index contributed by atoms with van der Waals surface area (Å²) in [6, 6.07) is 5.05. The van der Waals surface area contributed by atoms with Crippen LogP contribution in [0.2, 0.25) is 0 Å². The van der Waals surface area contributed by atoms with Crippen molar-refractivity contribution in [3.05, 3.63) is 29.8 Å². The SMILES string of the molecule is CCS(=O)(=O)O[C@@H](c1ccc(S(C)(=O)=O)cc1)[C@H]1COC(C(Cl)Cl)=N1. The number of aliphatic imine (C=N–C) groups is 1. The van der Waals surface area contributed by atoms with Gasteiger partial charge in [-0.1, -0.05) is 35.3 Å². The molecule has 0 radical (unpaired) electrons. The van der Waals surface area contributed by atoms with Crippen LogP contribution >= 0.6 is 23.2 Å². The predicted octanol–water partition coefficient (Wildman–Crippen LogP) is 2.10. The molecule has 0 unspecified atom stereocenters. The van der Waals surface area contributed by atoms with Crippen molar-refractivity contribution in [3.8, 4) is 0 Å². The van der Waals surface area contributed by atoms with Gasteiger partial charge in [0.15, 0.2) is 14.7 Å². The number of halogens is 2. The number of rotatable bonds is 7. The lowest BCUT2D eigenvalue weighted by molar-refractivity contribution is 0.159. The van der Waals surface area contributed by atoms with Crippen molar-refractivity contribution in [2.75, 3.05) is 18.6 Å². The van der Waals surface area contributed by atoms with E-state index in [2.05, 4.69) is 4.99 Å². The quantitative estimate of drug-likeness (QED) is 0.485. The summed E-state index contributed by atoms with van der Waals surface area (Å²) in [5.74, 6) is -0.133. The van der Waals surface area contributed by atoms with Gasteiger partial charge in [0.1, 0.15) is 18.8 Å². The molecule has 25 heavy (non-hydrogen) atoms. The van der Waals surface area contributed by atoms with Crippen LogP contribution in [0.5, 0.6) is 0 Å². The van der Waals surface area contributed by atoms with E-state index in [4.69, 9.17) is 32.1 Å². The van der Waals surface area contributed by atoms with Gasteiger partial charge in [-0.05, 0) is 24.6 Å². The molecule has 0 N–H and O–H groups in total. The van der Waals surface area contributed by atoms with Crippen molar-refractivity contribution in [2.24, 2.45) is 4.99 Å². The monoisotopic (exact) mass is 429 g/mol. The summed E-state index contributed by atoms with van der Waals surface area (Å²) >= 11 is 11.4. The van der Waals surface area contributed by atoms with E-state index in [9.17, 15) is 16.8 Å². The maximum atomic E-state index is 11.9. The highest BCUT2D eigenvalue weighted by Crippen LogP contribution is 2.30. The minimum Gasteiger partial charge on any atom is -0.477 e. The molecule has 1 aliphatic rings. The Morgan fingerprint density at radius 3 is 2.28 bits per heavy atom. The van der Waals surface area contributed by atoms with E-state index in [1.165, 1.54) is 31.2 Å². The van der Waals surface area contributed by atoms with Gasteiger partial charge in [-0.15, -0.1) is 0 Å². The highest BCUT2D eigenvalue weighted by Gasteiger charge is 2.34. The lowest BCUT2D eigenvalue weighted by Crippen LogP contribution is -2.25. The molecule has 2 atom stereocenters. The first kappa shape index (κ1) is 20.4. The third-order valence-corrected chi connectivity index (χ3v) is 6.18. The number of ether oxygens (including phenoxy) is 1. The molecular weight excluding hydrogens is 413 g/mol. The zero-order valence-corrected chi connectivity index (χ0v) is 16.6. The van der Waals surface area contributed by atoms with E-state index >= 15 is 0 Å². The molecule has 140 valence electrons. The molecule has 2 rings (SSSR count). The van der Waals surface area contributed by atoms with Gasteiger partial charge in [-0.2, -0.15) is 8.42 Å². The molecule has 7 nitrogen and oxygen atoms in total. The fraction of sp³-hybridized carbons (Fsp3) is 0.500. The molecule has 0 spiro atoms. The highest BCUT2D eigenvalue weighted by molar-refractivity contribution is 7.90. The molecule has 11 heteroatoms. The Balaban J connectivity index is 2.39. The van der Waals surface area contributed by atoms with Crippen LogP contribution in [0.25, 0.3) is 0 Å². The Bertz CT molecular complexity index is 850. The van der Waals surface area contributed by atoms with Crippen LogP contribution in [-0.2, 0) is 28.9 Å². The molecule has 1 heterocycles. The Morgan fingerprint density at radius 2 is 1.84 bits per heavy atom. The second kappa shape index (κ2) is 7.79. The van der Waals surface area contributed by atoms with Crippen LogP contribution in [0.3, 0.4) is 0 Å². The summed E-state index contributed by atoms with van der Waals surface area (Å²) in [6.45, 7) is 1.50. The summed E-state index contributed by atoms with van der Waals surface area (Å²) in [7, 11) is -7.16. The summed E-state index contributed by atoms with van der Waals surface area (Å²) in [5, 5.41) is 0. The minimum absolute atomic E-state index is 0.0446. The first-order valence-electron chi connectivity index (χ1n) is 7.23. The van der Waals surface area contributed by atoms with E-state index in [-0.39, 0.29) is 23.2 Å². The first-order valence-corrected chi connectivity index (χ1v) is 11.6. The number of nitrogens with zero attached hydrogens (tertiary/aromatic N) is 1. The Morgan fingerprint density at radius 1 is 1.24 bits per heavy atom. The van der Waals surface area contributed by atoms with E-state index in [1.807, 2.05) is 0 Å². The van der Waals surface area contributed by atoms with Crippen molar-refractivity contribution in [1.82, 2.24) is 0 Å². The van der Waals surface area contributed by atoms with Gasteiger partial charge in [0, 0.05) is 6.26 Å². The van der Waals surface area contributed by atoms with Crippen LogP contribution in [-0.4, -0.2) is 52.2 Å². The maximum absolute atomic E-state index is 11.9. The molecule has 0 aliphatic carbocycles. The molecule has 0 saturated carbocycles. The largest absolute Gasteiger partial charge is 0.477 e. The Hall–Kier alpha value is -0.870. The molecule has 0 aromatic heterocycles. The average Bonchev–Trinajstić information content (AvgIpc) is 3.02. The lowest BCUT2D eigenvalue weighted by atomic mass is 10.0. The van der Waals surface area contributed by atoms with Crippen LogP contribution in [0.4, 0.5) is 0 Å². The summed E-state index contributed by atoms with van der Waals surface area (Å²) < 4.78 is 57.5. The van der Waals surface area contributed by atoms with Gasteiger partial charge in [0.05, 0.1) is 10.6 Å². The fourth-order valence-electron chi connectivity index (χ4n) is 2.16.